The second kappa shape index (κ2) is 8.38. The average molecular weight is 373 g/mol. The van der Waals surface area contributed by atoms with Gasteiger partial charge in [0.25, 0.3) is 5.91 Å². The van der Waals surface area contributed by atoms with Gasteiger partial charge in [0.2, 0.25) is 0 Å². The summed E-state index contributed by atoms with van der Waals surface area (Å²) in [5.74, 6) is -0.943. The predicted octanol–water partition coefficient (Wildman–Crippen LogP) is 1.52. The number of carbonyl (C=O) groups excluding carboxylic acids is 3. The lowest BCUT2D eigenvalue weighted by Gasteiger charge is -2.13. The quantitative estimate of drug-likeness (QED) is 0.764. The summed E-state index contributed by atoms with van der Waals surface area (Å²) in [5.41, 5.74) is 1.04. The second-order valence-electron chi connectivity index (χ2n) is 4.42. The van der Waals surface area contributed by atoms with E-state index in [-0.39, 0.29) is 6.61 Å². The molecule has 8 heteroatoms. The molecule has 0 saturated heterocycles. The fourth-order valence-corrected chi connectivity index (χ4v) is 2.03. The maximum Gasteiger partial charge on any atom is 0.344 e. The van der Waals surface area contributed by atoms with E-state index in [1.165, 1.54) is 14.0 Å². The van der Waals surface area contributed by atoms with Crippen LogP contribution in [0.2, 0.25) is 0 Å². The lowest BCUT2D eigenvalue weighted by molar-refractivity contribution is -0.156. The number of halogens is 1. The zero-order chi connectivity index (χ0) is 16.7. The lowest BCUT2D eigenvalue weighted by Crippen LogP contribution is -2.43. The van der Waals surface area contributed by atoms with Crippen LogP contribution in [0, 0.1) is 6.92 Å². The van der Waals surface area contributed by atoms with Crippen molar-refractivity contribution in [3.8, 4) is 5.75 Å². The topological polar surface area (TPSA) is 93.7 Å². The van der Waals surface area contributed by atoms with Crippen LogP contribution in [0.15, 0.2) is 22.7 Å². The number of hydrogen-bond donors (Lipinski definition) is 2. The number of aryl methyl sites for hydroxylation is 1. The first-order valence-corrected chi connectivity index (χ1v) is 7.23. The largest absolute Gasteiger partial charge is 0.481 e. The number of nitrogens with one attached hydrogen (secondary N) is 2. The van der Waals surface area contributed by atoms with Gasteiger partial charge in [0.15, 0.2) is 12.7 Å². The van der Waals surface area contributed by atoms with E-state index >= 15 is 0 Å². The van der Waals surface area contributed by atoms with Crippen molar-refractivity contribution in [3.63, 3.8) is 0 Å². The van der Waals surface area contributed by atoms with Gasteiger partial charge in [-0.2, -0.15) is 0 Å². The molecule has 0 spiro atoms. The molecule has 0 saturated carbocycles. The Morgan fingerprint density at radius 1 is 1.32 bits per heavy atom. The molecule has 0 radical (unpaired) electrons. The van der Waals surface area contributed by atoms with Gasteiger partial charge in [0.05, 0.1) is 4.47 Å². The summed E-state index contributed by atoms with van der Waals surface area (Å²) in [5, 5.41) is 4.23. The Kier molecular flexibility index (Phi) is 6.84. The normalized spacial score (nSPS) is 11.3. The molecular weight excluding hydrogens is 356 g/mol. The number of imide groups is 1. The highest BCUT2D eigenvalue weighted by molar-refractivity contribution is 9.10. The van der Waals surface area contributed by atoms with Crippen LogP contribution in [0.5, 0.6) is 5.75 Å². The third kappa shape index (κ3) is 5.72. The molecule has 0 unspecified atom stereocenters. The first-order valence-electron chi connectivity index (χ1n) is 6.44. The Bertz CT molecular complexity index is 576. The van der Waals surface area contributed by atoms with Crippen molar-refractivity contribution < 1.29 is 23.9 Å². The summed E-state index contributed by atoms with van der Waals surface area (Å²) in [6, 6.07) is 4.73. The summed E-state index contributed by atoms with van der Waals surface area (Å²) in [6.07, 6.45) is -1.10. The Morgan fingerprint density at radius 2 is 2.00 bits per heavy atom. The highest BCUT2D eigenvalue weighted by Crippen LogP contribution is 2.25. The SMILES string of the molecule is CNC(=O)NC(=O)[C@@H](C)OC(=O)COc1ccc(C)cc1Br. The monoisotopic (exact) mass is 372 g/mol. The standard InChI is InChI=1S/C14H17BrN2O5/c1-8-4-5-11(10(15)6-8)21-7-12(18)22-9(2)13(19)17-14(20)16-3/h4-6,9H,7H2,1-3H3,(H2,16,17,19,20)/t9-/m1/s1. The highest BCUT2D eigenvalue weighted by atomic mass is 79.9. The van der Waals surface area contributed by atoms with E-state index in [2.05, 4.69) is 21.2 Å². The number of ether oxygens (including phenoxy) is 2. The van der Waals surface area contributed by atoms with Crippen molar-refractivity contribution in [3.05, 3.63) is 28.2 Å². The molecule has 22 heavy (non-hydrogen) atoms. The molecule has 0 bridgehead atoms. The first-order chi connectivity index (χ1) is 10.3. The lowest BCUT2D eigenvalue weighted by atomic mass is 10.2. The number of urea groups is 1. The molecule has 7 nitrogen and oxygen atoms in total. The molecule has 0 aliphatic rings. The fourth-order valence-electron chi connectivity index (χ4n) is 1.42. The van der Waals surface area contributed by atoms with E-state index in [0.717, 1.165) is 5.56 Å². The van der Waals surface area contributed by atoms with Gasteiger partial charge in [-0.25, -0.2) is 9.59 Å². The van der Waals surface area contributed by atoms with Crippen LogP contribution < -0.4 is 15.4 Å². The van der Waals surface area contributed by atoms with E-state index in [0.29, 0.717) is 10.2 Å². The third-order valence-corrected chi connectivity index (χ3v) is 3.19. The molecule has 3 amide bonds. The molecule has 0 aromatic heterocycles. The zero-order valence-corrected chi connectivity index (χ0v) is 14.0. The molecule has 1 aromatic rings. The minimum Gasteiger partial charge on any atom is -0.481 e. The second-order valence-corrected chi connectivity index (χ2v) is 5.28. The Balaban J connectivity index is 2.45. The fraction of sp³-hybridized carbons (Fsp3) is 0.357. The molecule has 0 aliphatic heterocycles. The van der Waals surface area contributed by atoms with Gasteiger partial charge in [0, 0.05) is 7.05 Å². The summed E-state index contributed by atoms with van der Waals surface area (Å²) < 4.78 is 10.9. The molecule has 120 valence electrons. The maximum atomic E-state index is 11.6. The molecular formula is C14H17BrN2O5. The van der Waals surface area contributed by atoms with Crippen LogP contribution in [0.3, 0.4) is 0 Å². The number of benzene rings is 1. The number of carbonyl (C=O) groups is 3. The van der Waals surface area contributed by atoms with Crippen molar-refractivity contribution in [1.82, 2.24) is 10.6 Å². The number of rotatable bonds is 5. The average Bonchev–Trinajstić information content (AvgIpc) is 2.45. The Labute approximate surface area is 136 Å². The highest BCUT2D eigenvalue weighted by Gasteiger charge is 2.19. The third-order valence-electron chi connectivity index (χ3n) is 2.57. The summed E-state index contributed by atoms with van der Waals surface area (Å²) in [6.45, 7) is 2.94. The van der Waals surface area contributed by atoms with Crippen LogP contribution >= 0.6 is 15.9 Å². The van der Waals surface area contributed by atoms with Crippen LogP contribution in [0.1, 0.15) is 12.5 Å². The van der Waals surface area contributed by atoms with Crippen molar-refractivity contribution >= 4 is 33.8 Å². The number of amides is 3. The van der Waals surface area contributed by atoms with E-state index in [1.807, 2.05) is 24.4 Å². The van der Waals surface area contributed by atoms with Crippen molar-refractivity contribution in [2.24, 2.45) is 0 Å². The Hall–Kier alpha value is -2.09. The molecule has 1 aromatic carbocycles. The summed E-state index contributed by atoms with van der Waals surface area (Å²) in [7, 11) is 1.37. The molecule has 2 N–H and O–H groups in total. The van der Waals surface area contributed by atoms with Gasteiger partial charge in [-0.15, -0.1) is 0 Å². The molecule has 1 atom stereocenters. The van der Waals surface area contributed by atoms with Gasteiger partial charge in [-0.05, 0) is 47.5 Å². The van der Waals surface area contributed by atoms with Gasteiger partial charge < -0.3 is 14.8 Å². The Morgan fingerprint density at radius 3 is 2.59 bits per heavy atom. The van der Waals surface area contributed by atoms with Gasteiger partial charge >= 0.3 is 12.0 Å². The van der Waals surface area contributed by atoms with E-state index < -0.39 is 24.0 Å². The van der Waals surface area contributed by atoms with Crippen LogP contribution in [-0.2, 0) is 14.3 Å². The van der Waals surface area contributed by atoms with E-state index in [1.54, 1.807) is 6.07 Å². The smallest absolute Gasteiger partial charge is 0.344 e. The van der Waals surface area contributed by atoms with Crippen LogP contribution in [0.25, 0.3) is 0 Å². The van der Waals surface area contributed by atoms with Crippen LogP contribution in [-0.4, -0.2) is 37.7 Å². The van der Waals surface area contributed by atoms with Gasteiger partial charge in [-0.1, -0.05) is 6.07 Å². The minimum atomic E-state index is -1.10. The van der Waals surface area contributed by atoms with Gasteiger partial charge in [0.1, 0.15) is 5.75 Å². The number of esters is 1. The molecule has 1 rings (SSSR count). The van der Waals surface area contributed by atoms with Gasteiger partial charge in [-0.3, -0.25) is 10.1 Å². The minimum absolute atomic E-state index is 0.348. The molecule has 0 fully saturated rings. The van der Waals surface area contributed by atoms with Crippen molar-refractivity contribution in [2.75, 3.05) is 13.7 Å². The van der Waals surface area contributed by atoms with Crippen molar-refractivity contribution in [1.29, 1.82) is 0 Å². The van der Waals surface area contributed by atoms with E-state index in [4.69, 9.17) is 9.47 Å². The summed E-state index contributed by atoms with van der Waals surface area (Å²) in [4.78, 5) is 34.1. The first kappa shape index (κ1) is 18.0. The van der Waals surface area contributed by atoms with Crippen molar-refractivity contribution in [2.45, 2.75) is 20.0 Å². The zero-order valence-electron chi connectivity index (χ0n) is 12.4. The maximum absolute atomic E-state index is 11.6. The predicted molar refractivity (Wildman–Crippen MR) is 82.5 cm³/mol. The molecule has 0 aliphatic carbocycles. The number of hydrogen-bond acceptors (Lipinski definition) is 5. The van der Waals surface area contributed by atoms with Crippen LogP contribution in [0.4, 0.5) is 4.79 Å². The van der Waals surface area contributed by atoms with E-state index in [9.17, 15) is 14.4 Å². The summed E-state index contributed by atoms with van der Waals surface area (Å²) >= 11 is 3.32. The molecule has 0 heterocycles.